The van der Waals surface area contributed by atoms with Crippen LogP contribution in [-0.4, -0.2) is 46.2 Å². The van der Waals surface area contributed by atoms with E-state index < -0.39 is 12.0 Å². The zero-order chi connectivity index (χ0) is 14.1. The van der Waals surface area contributed by atoms with Crippen molar-refractivity contribution in [1.82, 2.24) is 15.3 Å². The number of hydrogen-bond acceptors (Lipinski definition) is 4. The Hall–Kier alpha value is -1.89. The molecule has 7 nitrogen and oxygen atoms in total. The lowest BCUT2D eigenvalue weighted by atomic mass is 10.1. The van der Waals surface area contributed by atoms with Crippen molar-refractivity contribution in [2.24, 2.45) is 0 Å². The second kappa shape index (κ2) is 8.25. The number of amides is 1. The molecule has 0 saturated heterocycles. The standard InChI is InChI=1S/C12H19N3O4/c1-2-4-19-5-3-11(16)15-10(12(17)18)6-9-7-13-8-14-9/h7-8,10H,2-6H2,1H3,(H,13,14)(H,15,16)(H,17,18). The number of carboxylic acids is 1. The fourth-order valence-corrected chi connectivity index (χ4v) is 1.49. The number of rotatable bonds is 9. The number of aromatic nitrogens is 2. The molecule has 0 saturated carbocycles. The van der Waals surface area contributed by atoms with E-state index in [1.165, 1.54) is 12.5 Å². The second-order valence-electron chi connectivity index (χ2n) is 4.10. The molecule has 1 unspecified atom stereocenters. The zero-order valence-corrected chi connectivity index (χ0v) is 10.9. The molecule has 0 radical (unpaired) electrons. The third-order valence-electron chi connectivity index (χ3n) is 2.43. The van der Waals surface area contributed by atoms with E-state index in [0.29, 0.717) is 18.9 Å². The number of ether oxygens (including phenoxy) is 1. The van der Waals surface area contributed by atoms with Crippen LogP contribution < -0.4 is 5.32 Å². The van der Waals surface area contributed by atoms with Crippen molar-refractivity contribution in [2.75, 3.05) is 13.2 Å². The summed E-state index contributed by atoms with van der Waals surface area (Å²) in [5, 5.41) is 11.5. The Morgan fingerprint density at radius 2 is 2.32 bits per heavy atom. The maximum atomic E-state index is 11.6. The Kier molecular flexibility index (Phi) is 6.59. The number of hydrogen-bond donors (Lipinski definition) is 3. The lowest BCUT2D eigenvalue weighted by Crippen LogP contribution is -2.42. The number of aromatic amines is 1. The summed E-state index contributed by atoms with van der Waals surface area (Å²) in [5.41, 5.74) is 0.662. The number of carboxylic acid groups (broad SMARTS) is 1. The van der Waals surface area contributed by atoms with Crippen LogP contribution in [0.4, 0.5) is 0 Å². The van der Waals surface area contributed by atoms with Crippen LogP contribution in [0.25, 0.3) is 0 Å². The zero-order valence-electron chi connectivity index (χ0n) is 10.9. The van der Waals surface area contributed by atoms with Gasteiger partial charge in [0.05, 0.1) is 12.9 Å². The molecule has 0 aliphatic rings. The molecule has 0 aliphatic heterocycles. The van der Waals surface area contributed by atoms with Crippen molar-refractivity contribution in [1.29, 1.82) is 0 Å². The van der Waals surface area contributed by atoms with Crippen molar-refractivity contribution < 1.29 is 19.4 Å². The second-order valence-corrected chi connectivity index (χ2v) is 4.10. The molecule has 1 aromatic rings. The van der Waals surface area contributed by atoms with Gasteiger partial charge in [-0.1, -0.05) is 6.92 Å². The summed E-state index contributed by atoms with van der Waals surface area (Å²) < 4.78 is 5.18. The highest BCUT2D eigenvalue weighted by Gasteiger charge is 2.20. The molecule has 1 heterocycles. The summed E-state index contributed by atoms with van der Waals surface area (Å²) in [5.74, 6) is -1.40. The minimum atomic E-state index is -1.07. The van der Waals surface area contributed by atoms with Gasteiger partial charge in [-0.3, -0.25) is 4.79 Å². The highest BCUT2D eigenvalue weighted by atomic mass is 16.5. The normalized spacial score (nSPS) is 12.1. The highest BCUT2D eigenvalue weighted by Crippen LogP contribution is 1.99. The summed E-state index contributed by atoms with van der Waals surface area (Å²) in [6.07, 6.45) is 4.23. The first-order chi connectivity index (χ1) is 9.13. The monoisotopic (exact) mass is 269 g/mol. The lowest BCUT2D eigenvalue weighted by molar-refractivity contribution is -0.142. The Morgan fingerprint density at radius 1 is 1.53 bits per heavy atom. The molecule has 1 rings (SSSR count). The molecule has 1 aromatic heterocycles. The van der Waals surface area contributed by atoms with Crippen LogP contribution in [0.5, 0.6) is 0 Å². The minimum absolute atomic E-state index is 0.159. The van der Waals surface area contributed by atoms with Crippen LogP contribution in [0.15, 0.2) is 12.5 Å². The van der Waals surface area contributed by atoms with Crippen LogP contribution in [0.3, 0.4) is 0 Å². The summed E-state index contributed by atoms with van der Waals surface area (Å²) >= 11 is 0. The molecule has 1 amide bonds. The summed E-state index contributed by atoms with van der Waals surface area (Å²) in [6.45, 7) is 2.88. The van der Waals surface area contributed by atoms with Gasteiger partial charge in [0.1, 0.15) is 6.04 Å². The molecule has 0 fully saturated rings. The van der Waals surface area contributed by atoms with Crippen molar-refractivity contribution >= 4 is 11.9 Å². The summed E-state index contributed by atoms with van der Waals surface area (Å²) in [6, 6.07) is -0.959. The van der Waals surface area contributed by atoms with E-state index in [2.05, 4.69) is 15.3 Å². The van der Waals surface area contributed by atoms with E-state index in [1.807, 2.05) is 6.92 Å². The molecule has 0 aliphatic carbocycles. The number of aliphatic carboxylic acids is 1. The summed E-state index contributed by atoms with van der Waals surface area (Å²) in [7, 11) is 0. The molecule has 19 heavy (non-hydrogen) atoms. The minimum Gasteiger partial charge on any atom is -0.480 e. The third-order valence-corrected chi connectivity index (χ3v) is 2.43. The predicted molar refractivity (Wildman–Crippen MR) is 67.6 cm³/mol. The predicted octanol–water partition coefficient (Wildman–Crippen LogP) is 0.338. The van der Waals surface area contributed by atoms with E-state index in [4.69, 9.17) is 9.84 Å². The number of imidazole rings is 1. The summed E-state index contributed by atoms with van der Waals surface area (Å²) in [4.78, 5) is 29.2. The van der Waals surface area contributed by atoms with Gasteiger partial charge in [-0.2, -0.15) is 0 Å². The van der Waals surface area contributed by atoms with E-state index >= 15 is 0 Å². The fraction of sp³-hybridized carbons (Fsp3) is 0.583. The van der Waals surface area contributed by atoms with Crippen LogP contribution >= 0.6 is 0 Å². The topological polar surface area (TPSA) is 104 Å². The van der Waals surface area contributed by atoms with Gasteiger partial charge >= 0.3 is 5.97 Å². The van der Waals surface area contributed by atoms with E-state index in [1.54, 1.807) is 0 Å². The number of carbonyl (C=O) groups excluding carboxylic acids is 1. The average molecular weight is 269 g/mol. The smallest absolute Gasteiger partial charge is 0.326 e. The average Bonchev–Trinajstić information content (AvgIpc) is 2.86. The highest BCUT2D eigenvalue weighted by molar-refractivity contribution is 5.83. The van der Waals surface area contributed by atoms with Gasteiger partial charge in [0.15, 0.2) is 0 Å². The first-order valence-corrected chi connectivity index (χ1v) is 6.20. The van der Waals surface area contributed by atoms with Gasteiger partial charge in [0, 0.05) is 31.3 Å². The van der Waals surface area contributed by atoms with E-state index in [9.17, 15) is 9.59 Å². The molecule has 0 aromatic carbocycles. The van der Waals surface area contributed by atoms with Gasteiger partial charge in [0.2, 0.25) is 5.91 Å². The van der Waals surface area contributed by atoms with Gasteiger partial charge < -0.3 is 20.1 Å². The maximum absolute atomic E-state index is 11.6. The molecule has 3 N–H and O–H groups in total. The third kappa shape index (κ3) is 6.01. The Bertz CT molecular complexity index is 392. The first kappa shape index (κ1) is 15.2. The van der Waals surface area contributed by atoms with Gasteiger partial charge in [-0.15, -0.1) is 0 Å². The van der Waals surface area contributed by atoms with Crippen LogP contribution in [0, 0.1) is 0 Å². The van der Waals surface area contributed by atoms with E-state index in [0.717, 1.165) is 6.42 Å². The number of nitrogens with zero attached hydrogens (tertiary/aromatic N) is 1. The SMILES string of the molecule is CCCOCCC(=O)NC(Cc1cnc[nH]1)C(=O)O. The molecular weight excluding hydrogens is 250 g/mol. The molecular formula is C12H19N3O4. The van der Waals surface area contributed by atoms with Crippen molar-refractivity contribution in [3.8, 4) is 0 Å². The first-order valence-electron chi connectivity index (χ1n) is 6.20. The largest absolute Gasteiger partial charge is 0.480 e. The molecule has 106 valence electrons. The number of carbonyl (C=O) groups is 2. The van der Waals surface area contributed by atoms with Crippen LogP contribution in [-0.2, 0) is 20.7 Å². The van der Waals surface area contributed by atoms with Gasteiger partial charge in [0.25, 0.3) is 0 Å². The molecule has 1 atom stereocenters. The Labute approximate surface area is 111 Å². The lowest BCUT2D eigenvalue weighted by Gasteiger charge is -2.13. The van der Waals surface area contributed by atoms with E-state index in [-0.39, 0.29) is 18.7 Å². The number of nitrogens with one attached hydrogen (secondary N) is 2. The Balaban J connectivity index is 2.36. The van der Waals surface area contributed by atoms with Crippen molar-refractivity contribution in [3.63, 3.8) is 0 Å². The van der Waals surface area contributed by atoms with Crippen LogP contribution in [0.2, 0.25) is 0 Å². The van der Waals surface area contributed by atoms with Crippen molar-refractivity contribution in [2.45, 2.75) is 32.2 Å². The quantitative estimate of drug-likeness (QED) is 0.561. The fourth-order valence-electron chi connectivity index (χ4n) is 1.49. The molecule has 0 spiro atoms. The molecule has 7 heteroatoms. The van der Waals surface area contributed by atoms with Gasteiger partial charge in [-0.05, 0) is 6.42 Å². The maximum Gasteiger partial charge on any atom is 0.326 e. The molecule has 0 bridgehead atoms. The van der Waals surface area contributed by atoms with Crippen molar-refractivity contribution in [3.05, 3.63) is 18.2 Å². The van der Waals surface area contributed by atoms with Crippen LogP contribution in [0.1, 0.15) is 25.5 Å². The Morgan fingerprint density at radius 3 is 2.89 bits per heavy atom. The van der Waals surface area contributed by atoms with Gasteiger partial charge in [-0.25, -0.2) is 9.78 Å². The number of H-pyrrole nitrogens is 1.